The summed E-state index contributed by atoms with van der Waals surface area (Å²) in [6.45, 7) is 4.08. The molecule has 3 aromatic rings. The van der Waals surface area contributed by atoms with Gasteiger partial charge in [-0.2, -0.15) is 0 Å². The Kier molecular flexibility index (Phi) is 9.00. The maximum atomic E-state index is 6.26. The van der Waals surface area contributed by atoms with Crippen molar-refractivity contribution >= 4 is 35.6 Å². The predicted octanol–water partition coefficient (Wildman–Crippen LogP) is 6.28. The van der Waals surface area contributed by atoms with Crippen LogP contribution in [0, 0.1) is 0 Å². The quantitative estimate of drug-likeness (QED) is 0.424. The maximum absolute atomic E-state index is 6.26. The van der Waals surface area contributed by atoms with Gasteiger partial charge in [0.15, 0.2) is 11.5 Å². The first-order valence-corrected chi connectivity index (χ1v) is 9.47. The molecule has 0 atom stereocenters. The second kappa shape index (κ2) is 11.2. The van der Waals surface area contributed by atoms with Crippen LogP contribution in [-0.4, -0.2) is 6.61 Å². The Labute approximate surface area is 181 Å². The van der Waals surface area contributed by atoms with Gasteiger partial charge in [0.25, 0.3) is 0 Å². The van der Waals surface area contributed by atoms with E-state index in [2.05, 4.69) is 5.32 Å². The zero-order chi connectivity index (χ0) is 19.1. The molecule has 0 unspecified atom stereocenters. The summed E-state index contributed by atoms with van der Waals surface area (Å²) in [5, 5.41) is 4.53. The number of hydrogen-bond donors (Lipinski definition) is 1. The van der Waals surface area contributed by atoms with Crippen LogP contribution in [0.3, 0.4) is 0 Å². The van der Waals surface area contributed by atoms with Crippen molar-refractivity contribution in [2.45, 2.75) is 26.6 Å². The molecule has 28 heavy (non-hydrogen) atoms. The summed E-state index contributed by atoms with van der Waals surface area (Å²) < 4.78 is 17.2. The minimum Gasteiger partial charge on any atom is -0.490 e. The molecule has 1 N–H and O–H groups in total. The number of halogens is 3. The van der Waals surface area contributed by atoms with Crippen molar-refractivity contribution < 1.29 is 13.9 Å². The number of ether oxygens (including phenoxy) is 2. The van der Waals surface area contributed by atoms with E-state index in [0.29, 0.717) is 47.8 Å². The molecule has 0 fully saturated rings. The molecule has 1 aromatic heterocycles. The van der Waals surface area contributed by atoms with Gasteiger partial charge in [-0.05, 0) is 37.3 Å². The first-order valence-electron chi connectivity index (χ1n) is 8.72. The van der Waals surface area contributed by atoms with Crippen molar-refractivity contribution in [3.8, 4) is 11.5 Å². The minimum absolute atomic E-state index is 0. The Bertz CT molecular complexity index is 869. The van der Waals surface area contributed by atoms with Crippen molar-refractivity contribution in [2.24, 2.45) is 0 Å². The Morgan fingerprint density at radius 1 is 0.964 bits per heavy atom. The molecule has 0 saturated carbocycles. The molecule has 0 aliphatic rings. The van der Waals surface area contributed by atoms with E-state index in [1.54, 1.807) is 18.4 Å². The number of hydrogen-bond acceptors (Lipinski definition) is 4. The van der Waals surface area contributed by atoms with E-state index in [1.807, 2.05) is 43.3 Å². The summed E-state index contributed by atoms with van der Waals surface area (Å²) in [6.07, 6.45) is 1.66. The predicted molar refractivity (Wildman–Crippen MR) is 115 cm³/mol. The standard InChI is InChI=1S/C21H21Cl2NO3.ClH/c1-2-25-20-7-3-5-15(12-24-13-18-6-4-10-26-18)21(20)27-14-16-8-9-17(22)11-19(16)23;/h3-11,24H,2,12-14H2,1H3;1H. The average Bonchev–Trinajstić information content (AvgIpc) is 3.16. The van der Waals surface area contributed by atoms with Gasteiger partial charge >= 0.3 is 0 Å². The van der Waals surface area contributed by atoms with Crippen molar-refractivity contribution in [3.05, 3.63) is 81.7 Å². The first-order chi connectivity index (χ1) is 13.2. The lowest BCUT2D eigenvalue weighted by atomic mass is 10.1. The topological polar surface area (TPSA) is 43.6 Å². The van der Waals surface area contributed by atoms with Crippen molar-refractivity contribution in [3.63, 3.8) is 0 Å². The fraction of sp³-hybridized carbons (Fsp3) is 0.238. The molecule has 0 spiro atoms. The SMILES string of the molecule is CCOc1cccc(CNCc2ccco2)c1OCc1ccc(Cl)cc1Cl.Cl. The van der Waals surface area contributed by atoms with E-state index in [0.717, 1.165) is 16.9 Å². The number of rotatable bonds is 9. The fourth-order valence-corrected chi connectivity index (χ4v) is 3.12. The Balaban J connectivity index is 0.00000280. The van der Waals surface area contributed by atoms with Gasteiger partial charge in [0.05, 0.1) is 19.4 Å². The lowest BCUT2D eigenvalue weighted by molar-refractivity contribution is 0.266. The molecular weight excluding hydrogens is 421 g/mol. The van der Waals surface area contributed by atoms with E-state index in [1.165, 1.54) is 0 Å². The first kappa shape index (κ1) is 22.4. The molecule has 150 valence electrons. The van der Waals surface area contributed by atoms with Crippen molar-refractivity contribution in [2.75, 3.05) is 6.61 Å². The molecule has 7 heteroatoms. The van der Waals surface area contributed by atoms with Gasteiger partial charge in [0.1, 0.15) is 12.4 Å². The third kappa shape index (κ3) is 6.08. The van der Waals surface area contributed by atoms with Crippen molar-refractivity contribution in [1.29, 1.82) is 0 Å². The molecule has 0 aliphatic carbocycles. The maximum Gasteiger partial charge on any atom is 0.166 e. The molecule has 4 nitrogen and oxygen atoms in total. The van der Waals surface area contributed by atoms with Crippen LogP contribution in [-0.2, 0) is 19.7 Å². The summed E-state index contributed by atoms with van der Waals surface area (Å²) in [5.74, 6) is 2.29. The Morgan fingerprint density at radius 3 is 2.54 bits per heavy atom. The molecule has 1 heterocycles. The zero-order valence-corrected chi connectivity index (χ0v) is 17.7. The highest BCUT2D eigenvalue weighted by Gasteiger charge is 2.12. The minimum atomic E-state index is 0. The Morgan fingerprint density at radius 2 is 1.82 bits per heavy atom. The van der Waals surface area contributed by atoms with Crippen molar-refractivity contribution in [1.82, 2.24) is 5.32 Å². The van der Waals surface area contributed by atoms with Crippen LogP contribution < -0.4 is 14.8 Å². The third-order valence-corrected chi connectivity index (χ3v) is 4.53. The second-order valence-electron chi connectivity index (χ2n) is 5.88. The van der Waals surface area contributed by atoms with Gasteiger partial charge in [0, 0.05) is 27.7 Å². The summed E-state index contributed by atoms with van der Waals surface area (Å²) in [5.41, 5.74) is 1.86. The highest BCUT2D eigenvalue weighted by atomic mass is 35.5. The van der Waals surface area contributed by atoms with Gasteiger partial charge in [-0.3, -0.25) is 0 Å². The second-order valence-corrected chi connectivity index (χ2v) is 6.73. The molecule has 2 aromatic carbocycles. The highest BCUT2D eigenvalue weighted by Crippen LogP contribution is 2.33. The lowest BCUT2D eigenvalue weighted by Crippen LogP contribution is -2.14. The van der Waals surface area contributed by atoms with Crippen LogP contribution in [0.5, 0.6) is 11.5 Å². The van der Waals surface area contributed by atoms with Gasteiger partial charge in [0.2, 0.25) is 0 Å². The van der Waals surface area contributed by atoms with Crippen LogP contribution in [0.2, 0.25) is 10.0 Å². The molecule has 0 radical (unpaired) electrons. The summed E-state index contributed by atoms with van der Waals surface area (Å²) in [7, 11) is 0. The zero-order valence-electron chi connectivity index (χ0n) is 15.4. The van der Waals surface area contributed by atoms with Gasteiger partial charge < -0.3 is 19.2 Å². The number of para-hydroxylation sites is 1. The molecular formula is C21H22Cl3NO3. The van der Waals surface area contributed by atoms with E-state index in [-0.39, 0.29) is 12.4 Å². The monoisotopic (exact) mass is 441 g/mol. The Hall–Kier alpha value is -1.85. The van der Waals surface area contributed by atoms with Crippen LogP contribution in [0.4, 0.5) is 0 Å². The summed E-state index contributed by atoms with van der Waals surface area (Å²) in [4.78, 5) is 0. The molecule has 3 rings (SSSR count). The molecule has 0 saturated heterocycles. The summed E-state index contributed by atoms with van der Waals surface area (Å²) in [6, 6.07) is 15.0. The molecule has 0 amide bonds. The van der Waals surface area contributed by atoms with Gasteiger partial charge in [-0.15, -0.1) is 12.4 Å². The third-order valence-electron chi connectivity index (χ3n) is 3.94. The largest absolute Gasteiger partial charge is 0.490 e. The highest BCUT2D eigenvalue weighted by molar-refractivity contribution is 6.35. The average molecular weight is 443 g/mol. The van der Waals surface area contributed by atoms with Crippen LogP contribution >= 0.6 is 35.6 Å². The number of furan rings is 1. The molecule has 0 aliphatic heterocycles. The van der Waals surface area contributed by atoms with Gasteiger partial charge in [-0.25, -0.2) is 0 Å². The summed E-state index contributed by atoms with van der Waals surface area (Å²) >= 11 is 12.2. The number of nitrogens with one attached hydrogen (secondary N) is 1. The fourth-order valence-electron chi connectivity index (χ4n) is 2.66. The van der Waals surface area contributed by atoms with Crippen LogP contribution in [0.15, 0.2) is 59.2 Å². The van der Waals surface area contributed by atoms with Crippen LogP contribution in [0.25, 0.3) is 0 Å². The smallest absolute Gasteiger partial charge is 0.166 e. The van der Waals surface area contributed by atoms with E-state index in [4.69, 9.17) is 37.1 Å². The normalized spacial score (nSPS) is 10.4. The lowest BCUT2D eigenvalue weighted by Gasteiger charge is -2.17. The number of benzene rings is 2. The van der Waals surface area contributed by atoms with E-state index >= 15 is 0 Å². The molecule has 0 bridgehead atoms. The van der Waals surface area contributed by atoms with Crippen LogP contribution in [0.1, 0.15) is 23.8 Å². The van der Waals surface area contributed by atoms with Gasteiger partial charge in [-0.1, -0.05) is 41.4 Å². The van der Waals surface area contributed by atoms with E-state index < -0.39 is 0 Å². The van der Waals surface area contributed by atoms with E-state index in [9.17, 15) is 0 Å².